The summed E-state index contributed by atoms with van der Waals surface area (Å²) in [6, 6.07) is 17.9. The molecule has 0 heterocycles. The van der Waals surface area contributed by atoms with Gasteiger partial charge in [0, 0.05) is 16.7 Å². The lowest BCUT2D eigenvalue weighted by Crippen LogP contribution is -2.20. The van der Waals surface area contributed by atoms with E-state index >= 15 is 0 Å². The van der Waals surface area contributed by atoms with E-state index in [0.717, 1.165) is 0 Å². The van der Waals surface area contributed by atoms with Crippen molar-refractivity contribution >= 4 is 11.6 Å². The second-order valence-corrected chi connectivity index (χ2v) is 5.44. The van der Waals surface area contributed by atoms with Crippen LogP contribution in [0.5, 0.6) is 11.5 Å². The van der Waals surface area contributed by atoms with Gasteiger partial charge in [-0.05, 0) is 48.5 Å². The van der Waals surface area contributed by atoms with Crippen LogP contribution in [0, 0.1) is 5.82 Å². The van der Waals surface area contributed by atoms with E-state index in [4.69, 9.17) is 0 Å². The minimum atomic E-state index is -0.548. The van der Waals surface area contributed by atoms with Crippen molar-refractivity contribution < 1.29 is 19.4 Å². The molecule has 0 bridgehead atoms. The van der Waals surface area contributed by atoms with Crippen LogP contribution in [0.25, 0.3) is 0 Å². The Labute approximate surface area is 149 Å². The molecule has 0 aliphatic carbocycles. The number of aromatic hydroxyl groups is 2. The van der Waals surface area contributed by atoms with Gasteiger partial charge in [0.2, 0.25) is 0 Å². The van der Waals surface area contributed by atoms with Gasteiger partial charge in [-0.1, -0.05) is 24.3 Å². The topological polar surface area (TPSA) is 81.9 Å². The molecular weight excluding hydrogens is 335 g/mol. The Morgan fingerprint density at radius 3 is 1.81 bits per heavy atom. The van der Waals surface area contributed by atoms with E-state index in [1.807, 2.05) is 0 Å². The lowest BCUT2D eigenvalue weighted by atomic mass is 10.0. The van der Waals surface area contributed by atoms with Crippen LogP contribution in [0.15, 0.2) is 77.9 Å². The number of halogens is 1. The van der Waals surface area contributed by atoms with Gasteiger partial charge in [-0.2, -0.15) is 5.10 Å². The molecule has 5 nitrogen and oxygen atoms in total. The summed E-state index contributed by atoms with van der Waals surface area (Å²) in [5, 5.41) is 24.3. The predicted molar refractivity (Wildman–Crippen MR) is 95.7 cm³/mol. The maximum atomic E-state index is 13.0. The van der Waals surface area contributed by atoms with Crippen LogP contribution >= 0.6 is 0 Å². The normalized spacial score (nSPS) is 10.2. The van der Waals surface area contributed by atoms with Gasteiger partial charge >= 0.3 is 0 Å². The third-order valence-electron chi connectivity index (χ3n) is 3.69. The monoisotopic (exact) mass is 350 g/mol. The van der Waals surface area contributed by atoms with Crippen LogP contribution < -0.4 is 5.43 Å². The SMILES string of the molecule is O=C(NN=C(c1ccccc1O)c1ccccc1O)c1ccc(F)cc1. The lowest BCUT2D eigenvalue weighted by Gasteiger charge is -2.11. The van der Waals surface area contributed by atoms with Gasteiger partial charge in [-0.25, -0.2) is 9.82 Å². The average Bonchev–Trinajstić information content (AvgIpc) is 2.65. The van der Waals surface area contributed by atoms with Crippen molar-refractivity contribution in [2.45, 2.75) is 0 Å². The molecule has 0 saturated carbocycles. The molecule has 3 rings (SSSR count). The highest BCUT2D eigenvalue weighted by atomic mass is 19.1. The molecule has 0 aliphatic rings. The first-order valence-electron chi connectivity index (χ1n) is 7.76. The lowest BCUT2D eigenvalue weighted by molar-refractivity contribution is 0.0955. The summed E-state index contributed by atoms with van der Waals surface area (Å²) in [7, 11) is 0. The number of hydrogen-bond donors (Lipinski definition) is 3. The molecule has 0 spiro atoms. The van der Waals surface area contributed by atoms with Crippen molar-refractivity contribution in [1.29, 1.82) is 0 Å². The number of phenolic OH excluding ortho intramolecular Hbond substituents is 2. The first-order valence-corrected chi connectivity index (χ1v) is 7.76. The smallest absolute Gasteiger partial charge is 0.271 e. The third-order valence-corrected chi connectivity index (χ3v) is 3.69. The van der Waals surface area contributed by atoms with Gasteiger partial charge in [-0.3, -0.25) is 4.79 Å². The van der Waals surface area contributed by atoms with E-state index in [1.165, 1.54) is 36.4 Å². The van der Waals surface area contributed by atoms with Crippen LogP contribution in [0.4, 0.5) is 4.39 Å². The number of phenols is 2. The Morgan fingerprint density at radius 1 is 0.808 bits per heavy atom. The fourth-order valence-corrected chi connectivity index (χ4v) is 2.39. The Hall–Kier alpha value is -3.67. The van der Waals surface area contributed by atoms with Crippen LogP contribution in [0.2, 0.25) is 0 Å². The second-order valence-electron chi connectivity index (χ2n) is 5.44. The number of para-hydroxylation sites is 2. The van der Waals surface area contributed by atoms with Crippen LogP contribution in [-0.4, -0.2) is 21.8 Å². The first-order chi connectivity index (χ1) is 12.6. The Morgan fingerprint density at radius 2 is 1.31 bits per heavy atom. The fourth-order valence-electron chi connectivity index (χ4n) is 2.39. The van der Waals surface area contributed by atoms with E-state index in [1.54, 1.807) is 36.4 Å². The number of nitrogens with zero attached hydrogens (tertiary/aromatic N) is 1. The van der Waals surface area contributed by atoms with Crippen molar-refractivity contribution in [3.63, 3.8) is 0 Å². The van der Waals surface area contributed by atoms with E-state index < -0.39 is 11.7 Å². The highest BCUT2D eigenvalue weighted by Crippen LogP contribution is 2.25. The maximum Gasteiger partial charge on any atom is 0.271 e. The molecule has 0 radical (unpaired) electrons. The van der Waals surface area contributed by atoms with E-state index in [2.05, 4.69) is 10.5 Å². The Bertz CT molecular complexity index is 921. The van der Waals surface area contributed by atoms with Gasteiger partial charge in [0.05, 0.1) is 0 Å². The number of rotatable bonds is 4. The van der Waals surface area contributed by atoms with Gasteiger partial charge in [0.15, 0.2) is 0 Å². The fraction of sp³-hybridized carbons (Fsp3) is 0. The highest BCUT2D eigenvalue weighted by molar-refractivity contribution is 6.16. The molecule has 3 N–H and O–H groups in total. The van der Waals surface area contributed by atoms with Crippen LogP contribution in [0.3, 0.4) is 0 Å². The zero-order chi connectivity index (χ0) is 18.5. The third kappa shape index (κ3) is 3.70. The molecule has 1 amide bonds. The van der Waals surface area contributed by atoms with Crippen LogP contribution in [-0.2, 0) is 0 Å². The summed E-state index contributed by atoms with van der Waals surface area (Å²) < 4.78 is 13.0. The molecule has 3 aromatic rings. The Balaban J connectivity index is 1.99. The summed E-state index contributed by atoms with van der Waals surface area (Å²) >= 11 is 0. The van der Waals surface area contributed by atoms with Crippen molar-refractivity contribution in [1.82, 2.24) is 5.43 Å². The minimum Gasteiger partial charge on any atom is -0.507 e. The summed E-state index contributed by atoms with van der Waals surface area (Å²) in [6.07, 6.45) is 0. The average molecular weight is 350 g/mol. The highest BCUT2D eigenvalue weighted by Gasteiger charge is 2.15. The number of hydrogen-bond acceptors (Lipinski definition) is 4. The molecule has 0 unspecified atom stereocenters. The number of carbonyl (C=O) groups is 1. The summed E-state index contributed by atoms with van der Waals surface area (Å²) in [4.78, 5) is 12.2. The molecule has 0 atom stereocenters. The van der Waals surface area contributed by atoms with Gasteiger partial charge < -0.3 is 10.2 Å². The molecule has 0 fully saturated rings. The first kappa shape index (κ1) is 17.2. The summed E-state index contributed by atoms with van der Waals surface area (Å²) in [6.45, 7) is 0. The van der Waals surface area contributed by atoms with Crippen molar-refractivity contribution in [2.24, 2.45) is 5.10 Å². The van der Waals surface area contributed by atoms with E-state index in [9.17, 15) is 19.4 Å². The summed E-state index contributed by atoms with van der Waals surface area (Å²) in [5.41, 5.74) is 3.47. The molecule has 6 heteroatoms. The van der Waals surface area contributed by atoms with E-state index in [0.29, 0.717) is 11.1 Å². The van der Waals surface area contributed by atoms with Crippen LogP contribution in [0.1, 0.15) is 21.5 Å². The molecule has 0 aromatic heterocycles. The van der Waals surface area contributed by atoms with Gasteiger partial charge in [-0.15, -0.1) is 0 Å². The number of carbonyl (C=O) groups excluding carboxylic acids is 1. The second kappa shape index (κ2) is 7.48. The Kier molecular flexibility index (Phi) is 4.94. The quantitative estimate of drug-likeness (QED) is 0.498. The number of nitrogens with one attached hydrogen (secondary N) is 1. The zero-order valence-electron chi connectivity index (χ0n) is 13.6. The molecule has 26 heavy (non-hydrogen) atoms. The van der Waals surface area contributed by atoms with E-state index in [-0.39, 0.29) is 22.8 Å². The minimum absolute atomic E-state index is 0.0504. The molecule has 130 valence electrons. The molecule has 0 aliphatic heterocycles. The molecular formula is C20H15FN2O3. The van der Waals surface area contributed by atoms with Crippen molar-refractivity contribution in [2.75, 3.05) is 0 Å². The van der Waals surface area contributed by atoms with Crippen molar-refractivity contribution in [3.8, 4) is 11.5 Å². The molecule has 3 aromatic carbocycles. The van der Waals surface area contributed by atoms with Gasteiger partial charge in [0.25, 0.3) is 5.91 Å². The standard InChI is InChI=1S/C20H15FN2O3/c21-14-11-9-13(10-12-14)20(26)23-22-19(15-5-1-3-7-17(15)24)16-6-2-4-8-18(16)25/h1-12,24-25H,(H,23,26). The number of amides is 1. The number of benzene rings is 3. The largest absolute Gasteiger partial charge is 0.507 e. The predicted octanol–water partition coefficient (Wildman–Crippen LogP) is 3.42. The molecule has 0 saturated heterocycles. The summed E-state index contributed by atoms with van der Waals surface area (Å²) in [5.74, 6) is -1.10. The number of hydrazone groups is 1. The zero-order valence-corrected chi connectivity index (χ0v) is 13.6. The maximum absolute atomic E-state index is 13.0. The van der Waals surface area contributed by atoms with Crippen molar-refractivity contribution in [3.05, 3.63) is 95.3 Å². The van der Waals surface area contributed by atoms with Gasteiger partial charge in [0.1, 0.15) is 23.0 Å².